The maximum atomic E-state index is 11.8. The fourth-order valence-electron chi connectivity index (χ4n) is 1.47. The summed E-state index contributed by atoms with van der Waals surface area (Å²) in [6.07, 6.45) is 3.74. The lowest BCUT2D eigenvalue weighted by Crippen LogP contribution is -2.28. The summed E-state index contributed by atoms with van der Waals surface area (Å²) in [5.41, 5.74) is -4.08. The van der Waals surface area contributed by atoms with Gasteiger partial charge in [-0.3, -0.25) is 0 Å². The molecule has 1 aliphatic rings. The molecular formula is C9H16F3NS2. The Labute approximate surface area is 96.9 Å². The highest BCUT2D eigenvalue weighted by molar-refractivity contribution is 8.00. The van der Waals surface area contributed by atoms with E-state index in [-0.39, 0.29) is 17.5 Å². The fraction of sp³-hybridized carbons (Fsp3) is 1.00. The van der Waals surface area contributed by atoms with E-state index in [0.717, 1.165) is 6.54 Å². The van der Waals surface area contributed by atoms with Gasteiger partial charge < -0.3 is 5.32 Å². The molecule has 0 bridgehead atoms. The zero-order valence-electron chi connectivity index (χ0n) is 8.48. The molecule has 0 aromatic heterocycles. The van der Waals surface area contributed by atoms with E-state index in [1.54, 1.807) is 0 Å². The van der Waals surface area contributed by atoms with Gasteiger partial charge in [0.2, 0.25) is 0 Å². The Morgan fingerprint density at radius 3 is 2.73 bits per heavy atom. The van der Waals surface area contributed by atoms with E-state index < -0.39 is 5.51 Å². The Kier molecular flexibility index (Phi) is 6.23. The van der Waals surface area contributed by atoms with Crippen molar-refractivity contribution < 1.29 is 13.2 Å². The van der Waals surface area contributed by atoms with Crippen LogP contribution in [0.3, 0.4) is 0 Å². The second kappa shape index (κ2) is 6.91. The summed E-state index contributed by atoms with van der Waals surface area (Å²) in [5, 5.41) is 3.69. The lowest BCUT2D eigenvalue weighted by atomic mass is 10.2. The lowest BCUT2D eigenvalue weighted by Gasteiger charge is -2.21. The largest absolute Gasteiger partial charge is 0.441 e. The SMILES string of the molecule is FC(F)(F)SCCNCC1CCCCS1. The van der Waals surface area contributed by atoms with E-state index in [1.165, 1.54) is 25.0 Å². The Balaban J connectivity index is 1.92. The van der Waals surface area contributed by atoms with Crippen LogP contribution in [0.15, 0.2) is 0 Å². The Hall–Kier alpha value is 0.450. The summed E-state index contributed by atoms with van der Waals surface area (Å²) < 4.78 is 35.3. The van der Waals surface area contributed by atoms with E-state index in [0.29, 0.717) is 11.8 Å². The average Bonchev–Trinajstić information content (AvgIpc) is 2.17. The van der Waals surface area contributed by atoms with Crippen molar-refractivity contribution in [3.63, 3.8) is 0 Å². The predicted octanol–water partition coefficient (Wildman–Crippen LogP) is 3.11. The second-order valence-electron chi connectivity index (χ2n) is 3.49. The van der Waals surface area contributed by atoms with Gasteiger partial charge in [0.15, 0.2) is 0 Å². The van der Waals surface area contributed by atoms with E-state index in [9.17, 15) is 13.2 Å². The summed E-state index contributed by atoms with van der Waals surface area (Å²) in [7, 11) is 0. The Morgan fingerprint density at radius 2 is 2.13 bits per heavy atom. The van der Waals surface area contributed by atoms with Crippen molar-refractivity contribution in [2.75, 3.05) is 24.6 Å². The molecule has 1 rings (SSSR count). The topological polar surface area (TPSA) is 12.0 Å². The highest BCUT2D eigenvalue weighted by atomic mass is 32.2. The monoisotopic (exact) mass is 259 g/mol. The van der Waals surface area contributed by atoms with Gasteiger partial charge in [-0.15, -0.1) is 0 Å². The first-order valence-corrected chi connectivity index (χ1v) is 7.14. The molecule has 6 heteroatoms. The van der Waals surface area contributed by atoms with Crippen LogP contribution < -0.4 is 5.32 Å². The van der Waals surface area contributed by atoms with Crippen molar-refractivity contribution in [2.45, 2.75) is 30.0 Å². The molecule has 15 heavy (non-hydrogen) atoms. The van der Waals surface area contributed by atoms with E-state index in [4.69, 9.17) is 0 Å². The molecule has 1 fully saturated rings. The van der Waals surface area contributed by atoms with Crippen molar-refractivity contribution >= 4 is 23.5 Å². The van der Waals surface area contributed by atoms with Gasteiger partial charge in [-0.1, -0.05) is 6.42 Å². The maximum absolute atomic E-state index is 11.8. The van der Waals surface area contributed by atoms with Crippen LogP contribution >= 0.6 is 23.5 Å². The molecule has 0 aromatic rings. The van der Waals surface area contributed by atoms with Crippen molar-refractivity contribution in [1.29, 1.82) is 0 Å². The van der Waals surface area contributed by atoms with Gasteiger partial charge in [-0.25, -0.2) is 0 Å². The summed E-state index contributed by atoms with van der Waals surface area (Å²) in [4.78, 5) is 0. The lowest BCUT2D eigenvalue weighted by molar-refractivity contribution is -0.0327. The molecule has 0 spiro atoms. The summed E-state index contributed by atoms with van der Waals surface area (Å²) in [6, 6.07) is 0. The molecule has 90 valence electrons. The van der Waals surface area contributed by atoms with Crippen LogP contribution in [0.1, 0.15) is 19.3 Å². The predicted molar refractivity (Wildman–Crippen MR) is 61.5 cm³/mol. The summed E-state index contributed by atoms with van der Waals surface area (Å²) in [6.45, 7) is 1.30. The summed E-state index contributed by atoms with van der Waals surface area (Å²) in [5.74, 6) is 1.31. The van der Waals surface area contributed by atoms with Crippen LogP contribution in [0, 0.1) is 0 Å². The highest BCUT2D eigenvalue weighted by Crippen LogP contribution is 2.29. The van der Waals surface area contributed by atoms with Gasteiger partial charge in [0.05, 0.1) is 0 Å². The molecule has 1 unspecified atom stereocenters. The van der Waals surface area contributed by atoms with Crippen LogP contribution in [-0.2, 0) is 0 Å². The highest BCUT2D eigenvalue weighted by Gasteiger charge is 2.27. The van der Waals surface area contributed by atoms with E-state index in [1.807, 2.05) is 11.8 Å². The first-order chi connectivity index (χ1) is 7.08. The number of halogens is 3. The molecule has 1 atom stereocenters. The maximum Gasteiger partial charge on any atom is 0.441 e. The van der Waals surface area contributed by atoms with Crippen molar-refractivity contribution in [1.82, 2.24) is 5.32 Å². The molecule has 1 N–H and O–H groups in total. The standard InChI is InChI=1S/C9H16F3NS2/c10-9(11,12)15-6-4-13-7-8-3-1-2-5-14-8/h8,13H,1-7H2. The van der Waals surface area contributed by atoms with Crippen LogP contribution in [-0.4, -0.2) is 35.4 Å². The van der Waals surface area contributed by atoms with Crippen LogP contribution in [0.4, 0.5) is 13.2 Å². The molecule has 0 saturated carbocycles. The number of nitrogens with one attached hydrogen (secondary N) is 1. The van der Waals surface area contributed by atoms with Gasteiger partial charge in [-0.05, 0) is 30.4 Å². The van der Waals surface area contributed by atoms with Gasteiger partial charge in [0.25, 0.3) is 0 Å². The molecule has 1 aliphatic heterocycles. The van der Waals surface area contributed by atoms with Gasteiger partial charge in [-0.2, -0.15) is 24.9 Å². The Bertz CT molecular complexity index is 169. The zero-order valence-corrected chi connectivity index (χ0v) is 10.1. The van der Waals surface area contributed by atoms with E-state index in [2.05, 4.69) is 5.32 Å². The molecule has 1 nitrogen and oxygen atoms in total. The van der Waals surface area contributed by atoms with Crippen molar-refractivity contribution in [3.05, 3.63) is 0 Å². The van der Waals surface area contributed by atoms with Gasteiger partial charge in [0, 0.05) is 24.1 Å². The fourth-order valence-corrected chi connectivity index (χ4v) is 3.22. The number of thioether (sulfide) groups is 2. The zero-order chi connectivity index (χ0) is 11.1. The van der Waals surface area contributed by atoms with Gasteiger partial charge in [0.1, 0.15) is 0 Å². The van der Waals surface area contributed by atoms with Gasteiger partial charge >= 0.3 is 5.51 Å². The van der Waals surface area contributed by atoms with Crippen LogP contribution in [0.25, 0.3) is 0 Å². The average molecular weight is 259 g/mol. The molecular weight excluding hydrogens is 243 g/mol. The third kappa shape index (κ3) is 7.36. The minimum absolute atomic E-state index is 0.0509. The number of hydrogen-bond acceptors (Lipinski definition) is 3. The van der Waals surface area contributed by atoms with E-state index >= 15 is 0 Å². The molecule has 0 aliphatic carbocycles. The molecule has 0 radical (unpaired) electrons. The minimum Gasteiger partial charge on any atom is -0.315 e. The van der Waals surface area contributed by atoms with Crippen molar-refractivity contribution in [2.24, 2.45) is 0 Å². The first kappa shape index (κ1) is 13.5. The molecule has 1 heterocycles. The van der Waals surface area contributed by atoms with Crippen LogP contribution in [0.5, 0.6) is 0 Å². The molecule has 1 saturated heterocycles. The van der Waals surface area contributed by atoms with Crippen molar-refractivity contribution in [3.8, 4) is 0 Å². The molecule has 0 aromatic carbocycles. The number of alkyl halides is 3. The first-order valence-electron chi connectivity index (χ1n) is 5.11. The third-order valence-corrected chi connectivity index (χ3v) is 4.32. The second-order valence-corrected chi connectivity index (χ2v) is 6.05. The normalized spacial score (nSPS) is 23.0. The number of hydrogen-bond donors (Lipinski definition) is 1. The Morgan fingerprint density at radius 1 is 1.33 bits per heavy atom. The third-order valence-electron chi connectivity index (χ3n) is 2.19. The minimum atomic E-state index is -4.08. The summed E-state index contributed by atoms with van der Waals surface area (Å²) >= 11 is 1.99. The quantitative estimate of drug-likeness (QED) is 0.762. The molecule has 0 amide bonds. The number of rotatable bonds is 5. The van der Waals surface area contributed by atoms with Crippen LogP contribution in [0.2, 0.25) is 0 Å². The smallest absolute Gasteiger partial charge is 0.315 e.